The third-order valence-electron chi connectivity index (χ3n) is 10.3. The van der Waals surface area contributed by atoms with Gasteiger partial charge in [-0.1, -0.05) is 35.3 Å². The van der Waals surface area contributed by atoms with Crippen molar-refractivity contribution >= 4 is 93.8 Å². The molecule has 0 aliphatic carbocycles. The molecule has 8 rings (SSSR count). The molecule has 4 aromatic carbocycles. The number of anilines is 6. The summed E-state index contributed by atoms with van der Waals surface area (Å²) < 4.78 is 37.5. The summed E-state index contributed by atoms with van der Waals surface area (Å²) >= 11 is 12.3. The van der Waals surface area contributed by atoms with Crippen molar-refractivity contribution in [2.45, 2.75) is 52.6 Å². The van der Waals surface area contributed by atoms with Gasteiger partial charge in [0, 0.05) is 70.6 Å². The lowest BCUT2D eigenvalue weighted by Crippen LogP contribution is -2.39. The third-order valence-corrected chi connectivity index (χ3v) is 10.7. The summed E-state index contributed by atoms with van der Waals surface area (Å²) in [5.41, 5.74) is 9.92. The number of alkyl carbamates (subject to hydrolysis) is 1. The fourth-order valence-corrected chi connectivity index (χ4v) is 7.38. The van der Waals surface area contributed by atoms with Crippen LogP contribution in [0.4, 0.5) is 48.0 Å². The van der Waals surface area contributed by atoms with Crippen LogP contribution in [-0.4, -0.2) is 55.5 Å². The highest BCUT2D eigenvalue weighted by molar-refractivity contribution is 6.31. The predicted octanol–water partition coefficient (Wildman–Crippen LogP) is 8.25. The Bertz CT molecular complexity index is 2830. The number of carbonyl (C=O) groups excluding carboxylic acids is 4. The molecule has 0 saturated heterocycles. The summed E-state index contributed by atoms with van der Waals surface area (Å²) in [5.74, 6) is -0.893. The lowest BCUT2D eigenvalue weighted by molar-refractivity contribution is -0.120. The number of hydrogen-bond acceptors (Lipinski definition) is 10. The largest absolute Gasteiger partial charge is 0.444 e. The van der Waals surface area contributed by atoms with E-state index in [9.17, 15) is 28.0 Å². The highest BCUT2D eigenvalue weighted by Gasteiger charge is 2.29. The minimum Gasteiger partial charge on any atom is -0.444 e. The van der Waals surface area contributed by atoms with Gasteiger partial charge in [-0.05, 0) is 81.4 Å². The summed E-state index contributed by atoms with van der Waals surface area (Å²) in [5, 5.41) is 21.0. The first-order valence-electron chi connectivity index (χ1n) is 20.2. The average molecular weight is 965 g/mol. The first-order chi connectivity index (χ1) is 30.9. The summed E-state index contributed by atoms with van der Waals surface area (Å²) in [6.07, 6.45) is 2.64. The zero-order valence-electron chi connectivity index (χ0n) is 36.3. The van der Waals surface area contributed by atoms with Crippen molar-refractivity contribution in [3.8, 4) is 0 Å². The topological polar surface area (TPSA) is 194 Å². The number of rotatable bonds is 7. The Balaban J connectivity index is 0.000000227. The Morgan fingerprint density at radius 2 is 1.20 bits per heavy atom. The SMILES string of the molecule is Cl.Cn1ncc2c1Nc1cc(Cl)ccc1N(C(=O)c1ccc(CN)c(F)c1)C2.Cn1ncc2c1Nc1cc(Cl)ccc1N(C(=O)c1ccc(CNC(=O)CNC(=O)OC(C)(C)C)c(F)c1)C2. The van der Waals surface area contributed by atoms with Gasteiger partial charge in [0.05, 0.1) is 48.2 Å². The molecule has 0 atom stereocenters. The van der Waals surface area contributed by atoms with Gasteiger partial charge >= 0.3 is 6.09 Å². The fraction of sp³-hybridized carbons (Fsp3) is 0.244. The van der Waals surface area contributed by atoms with Crippen LogP contribution >= 0.6 is 35.6 Å². The van der Waals surface area contributed by atoms with Crippen LogP contribution in [0.25, 0.3) is 0 Å². The van der Waals surface area contributed by atoms with Gasteiger partial charge in [-0.15, -0.1) is 12.4 Å². The molecule has 346 valence electrons. The number of nitrogens with zero attached hydrogens (tertiary/aromatic N) is 6. The smallest absolute Gasteiger partial charge is 0.408 e. The van der Waals surface area contributed by atoms with Crippen LogP contribution in [0.5, 0.6) is 0 Å². The van der Waals surface area contributed by atoms with Crippen LogP contribution in [0, 0.1) is 11.6 Å². The molecule has 0 saturated carbocycles. The number of benzene rings is 4. The molecule has 66 heavy (non-hydrogen) atoms. The number of aromatic nitrogens is 4. The van der Waals surface area contributed by atoms with Crippen LogP contribution in [-0.2, 0) is 49.8 Å². The summed E-state index contributed by atoms with van der Waals surface area (Å²) in [4.78, 5) is 53.6. The van der Waals surface area contributed by atoms with Crippen LogP contribution in [0.3, 0.4) is 0 Å². The third kappa shape index (κ3) is 11.0. The molecule has 21 heteroatoms. The monoisotopic (exact) mass is 963 g/mol. The van der Waals surface area contributed by atoms with E-state index in [2.05, 4.69) is 31.5 Å². The zero-order chi connectivity index (χ0) is 46.7. The van der Waals surface area contributed by atoms with Crippen molar-refractivity contribution in [1.29, 1.82) is 0 Å². The molecule has 2 aromatic heterocycles. The number of carbonyl (C=O) groups is 4. The highest BCUT2D eigenvalue weighted by atomic mass is 35.5. The van der Waals surface area contributed by atoms with Gasteiger partial charge < -0.3 is 41.5 Å². The summed E-state index contributed by atoms with van der Waals surface area (Å²) in [6.45, 7) is 5.26. The van der Waals surface area contributed by atoms with E-state index in [0.29, 0.717) is 44.9 Å². The Kier molecular flexibility index (Phi) is 14.9. The molecule has 0 spiro atoms. The number of ether oxygens (including phenoxy) is 1. The standard InChI is InChI=1S/C26H28ClFN6O4.C19H17ClFN5O.ClH/c1-26(2,3)38-25(37)30-13-22(35)29-11-16-6-5-15(9-19(16)28)24(36)34-14-17-12-31-33(4)23(17)32-20-10-18(27)7-8-21(20)34;1-25-18-13(9-23-25)10-26(17-5-4-14(20)7-16(17)24-18)19(27)11-2-3-12(8-22)15(21)6-11;/h5-10,12,32H,11,13-14H2,1-4H3,(H,29,35)(H,30,37);2-7,9,24H,8,10,22H2,1H3;1H. The number of amides is 4. The Labute approximate surface area is 394 Å². The maximum absolute atomic E-state index is 14.9. The molecule has 0 radical (unpaired) electrons. The number of hydrogen-bond donors (Lipinski definition) is 5. The number of halogens is 5. The van der Waals surface area contributed by atoms with E-state index in [1.54, 1.807) is 96.9 Å². The van der Waals surface area contributed by atoms with Gasteiger partial charge in [-0.3, -0.25) is 23.7 Å². The molecule has 0 fully saturated rings. The number of aryl methyl sites for hydroxylation is 2. The first kappa shape index (κ1) is 48.7. The van der Waals surface area contributed by atoms with Gasteiger partial charge in [-0.25, -0.2) is 13.6 Å². The molecule has 4 heterocycles. The second kappa shape index (κ2) is 20.2. The van der Waals surface area contributed by atoms with Gasteiger partial charge in [0.1, 0.15) is 35.4 Å². The molecule has 16 nitrogen and oxygen atoms in total. The van der Waals surface area contributed by atoms with Gasteiger partial charge in [0.2, 0.25) is 5.91 Å². The van der Waals surface area contributed by atoms with E-state index in [0.717, 1.165) is 28.8 Å². The summed E-state index contributed by atoms with van der Waals surface area (Å²) in [6, 6.07) is 18.8. The summed E-state index contributed by atoms with van der Waals surface area (Å²) in [7, 11) is 3.60. The number of nitrogens with one attached hydrogen (secondary N) is 4. The van der Waals surface area contributed by atoms with Crippen LogP contribution in [0.2, 0.25) is 10.0 Å². The number of nitrogens with two attached hydrogens (primary N) is 1. The van der Waals surface area contributed by atoms with Crippen molar-refractivity contribution in [3.63, 3.8) is 0 Å². The maximum atomic E-state index is 14.9. The predicted molar refractivity (Wildman–Crippen MR) is 251 cm³/mol. The maximum Gasteiger partial charge on any atom is 0.408 e. The second-order valence-electron chi connectivity index (χ2n) is 16.1. The van der Waals surface area contributed by atoms with E-state index in [-0.39, 0.29) is 61.2 Å². The molecule has 0 bridgehead atoms. The van der Waals surface area contributed by atoms with E-state index in [1.165, 1.54) is 29.2 Å². The first-order valence-corrected chi connectivity index (χ1v) is 20.9. The molecular weight excluding hydrogens is 919 g/mol. The van der Waals surface area contributed by atoms with E-state index in [4.69, 9.17) is 33.7 Å². The average Bonchev–Trinajstić information content (AvgIpc) is 3.65. The van der Waals surface area contributed by atoms with Gasteiger partial charge in [0.15, 0.2) is 0 Å². The molecule has 2 aliphatic heterocycles. The Morgan fingerprint density at radius 3 is 1.64 bits per heavy atom. The molecule has 4 amide bonds. The Morgan fingerprint density at radius 1 is 0.727 bits per heavy atom. The van der Waals surface area contributed by atoms with E-state index >= 15 is 0 Å². The van der Waals surface area contributed by atoms with Crippen LogP contribution < -0.4 is 36.8 Å². The second-order valence-corrected chi connectivity index (χ2v) is 17.0. The van der Waals surface area contributed by atoms with Crippen LogP contribution in [0.1, 0.15) is 63.7 Å². The van der Waals surface area contributed by atoms with Crippen molar-refractivity contribution in [2.24, 2.45) is 19.8 Å². The van der Waals surface area contributed by atoms with Crippen molar-refractivity contribution < 1.29 is 32.7 Å². The van der Waals surface area contributed by atoms with E-state index < -0.39 is 35.1 Å². The van der Waals surface area contributed by atoms with Gasteiger partial charge in [0.25, 0.3) is 11.8 Å². The fourth-order valence-electron chi connectivity index (χ4n) is 7.04. The molecule has 0 unspecified atom stereocenters. The van der Waals surface area contributed by atoms with Crippen LogP contribution in [0.15, 0.2) is 85.2 Å². The van der Waals surface area contributed by atoms with Crippen molar-refractivity contribution in [1.82, 2.24) is 30.2 Å². The normalized spacial score (nSPS) is 12.5. The lowest BCUT2D eigenvalue weighted by atomic mass is 10.1. The quantitative estimate of drug-likeness (QED) is 0.104. The van der Waals surface area contributed by atoms with Crippen molar-refractivity contribution in [3.05, 3.63) is 140 Å². The zero-order valence-corrected chi connectivity index (χ0v) is 38.7. The van der Waals surface area contributed by atoms with E-state index in [1.807, 2.05) is 7.05 Å². The van der Waals surface area contributed by atoms with Gasteiger partial charge in [-0.2, -0.15) is 10.2 Å². The molecule has 2 aliphatic rings. The lowest BCUT2D eigenvalue weighted by Gasteiger charge is -2.23. The molecule has 6 N–H and O–H groups in total. The molecule has 6 aromatic rings. The highest BCUT2D eigenvalue weighted by Crippen LogP contribution is 2.39. The molecular formula is C45H46Cl3F2N11O5. The minimum atomic E-state index is -0.729. The Hall–Kier alpha value is -6.73. The minimum absolute atomic E-state index is 0. The van der Waals surface area contributed by atoms with Crippen molar-refractivity contribution in [2.75, 3.05) is 27.0 Å². The number of fused-ring (bicyclic) bond motifs is 4.